The van der Waals surface area contributed by atoms with Crippen molar-refractivity contribution < 1.29 is 19.8 Å². The van der Waals surface area contributed by atoms with Gasteiger partial charge in [-0.15, -0.1) is 0 Å². The number of hydrogen-bond acceptors (Lipinski definition) is 7. The Morgan fingerprint density at radius 2 is 2.14 bits per heavy atom. The van der Waals surface area contributed by atoms with Crippen molar-refractivity contribution >= 4 is 11.4 Å². The van der Waals surface area contributed by atoms with Crippen LogP contribution in [0.4, 0.5) is 0 Å². The van der Waals surface area contributed by atoms with E-state index in [0.29, 0.717) is 5.56 Å². The summed E-state index contributed by atoms with van der Waals surface area (Å²) in [6.07, 6.45) is 0.268. The summed E-state index contributed by atoms with van der Waals surface area (Å²) in [5, 5.41) is 46.5. The molecule has 114 valence electrons. The van der Waals surface area contributed by atoms with Gasteiger partial charge in [0.15, 0.2) is 5.60 Å². The molecule has 1 aromatic carbocycles. The van der Waals surface area contributed by atoms with Crippen LogP contribution in [0.15, 0.2) is 40.1 Å². The maximum atomic E-state index is 11.5. The molecule has 8 heteroatoms. The van der Waals surface area contributed by atoms with E-state index in [1.807, 2.05) is 6.07 Å². The molecule has 3 rings (SSSR count). The summed E-state index contributed by atoms with van der Waals surface area (Å²) in [4.78, 5) is 0.237. The van der Waals surface area contributed by atoms with Crippen molar-refractivity contribution in [2.24, 2.45) is 5.16 Å². The van der Waals surface area contributed by atoms with Crippen molar-refractivity contribution in [1.29, 1.82) is 5.41 Å². The van der Waals surface area contributed by atoms with Gasteiger partial charge in [0.25, 0.3) is 5.69 Å². The lowest BCUT2D eigenvalue weighted by Gasteiger charge is -2.28. The Labute approximate surface area is 125 Å². The Morgan fingerprint density at radius 3 is 2.82 bits per heavy atom. The second kappa shape index (κ2) is 5.23. The summed E-state index contributed by atoms with van der Waals surface area (Å²) in [6, 6.07) is 8.86. The SMILES string of the molecule is N=C(CC1(O)/C(=N/O)CCc2c1no[n+]2[O-])c1ccccc1. The molecule has 1 atom stereocenters. The summed E-state index contributed by atoms with van der Waals surface area (Å²) >= 11 is 0. The average molecular weight is 302 g/mol. The Kier molecular flexibility index (Phi) is 3.38. The van der Waals surface area contributed by atoms with Gasteiger partial charge in [0, 0.05) is 30.1 Å². The van der Waals surface area contributed by atoms with Crippen molar-refractivity contribution in [2.75, 3.05) is 0 Å². The summed E-state index contributed by atoms with van der Waals surface area (Å²) in [5.74, 6) is 0. The summed E-state index contributed by atoms with van der Waals surface area (Å²) in [6.45, 7) is 0. The maximum absolute atomic E-state index is 11.5. The van der Waals surface area contributed by atoms with Gasteiger partial charge >= 0.3 is 0 Å². The molecule has 1 unspecified atom stereocenters. The first-order chi connectivity index (χ1) is 10.6. The highest BCUT2D eigenvalue weighted by atomic mass is 16.8. The van der Waals surface area contributed by atoms with Gasteiger partial charge in [-0.05, 0) is 10.5 Å². The number of rotatable bonds is 3. The molecule has 0 bridgehead atoms. The second-order valence-corrected chi connectivity index (χ2v) is 5.15. The molecule has 3 N–H and O–H groups in total. The highest BCUT2D eigenvalue weighted by Crippen LogP contribution is 2.34. The first-order valence-electron chi connectivity index (χ1n) is 6.72. The third kappa shape index (κ3) is 2.13. The quantitative estimate of drug-likeness (QED) is 0.333. The molecule has 0 radical (unpaired) electrons. The van der Waals surface area contributed by atoms with Gasteiger partial charge in [-0.25, -0.2) is 0 Å². The molecule has 0 spiro atoms. The lowest BCUT2D eigenvalue weighted by Crippen LogP contribution is -2.45. The molecule has 0 amide bonds. The van der Waals surface area contributed by atoms with Gasteiger partial charge < -0.3 is 20.9 Å². The molecule has 22 heavy (non-hydrogen) atoms. The van der Waals surface area contributed by atoms with E-state index in [2.05, 4.69) is 14.9 Å². The molecule has 2 aromatic rings. The van der Waals surface area contributed by atoms with E-state index < -0.39 is 5.60 Å². The Hall–Kier alpha value is -2.74. The van der Waals surface area contributed by atoms with Crippen LogP contribution in [0.25, 0.3) is 0 Å². The van der Waals surface area contributed by atoms with Gasteiger partial charge in [-0.2, -0.15) is 0 Å². The third-order valence-corrected chi connectivity index (χ3v) is 3.84. The van der Waals surface area contributed by atoms with Gasteiger partial charge in [0.2, 0.25) is 5.69 Å². The minimum atomic E-state index is -1.82. The van der Waals surface area contributed by atoms with Crippen LogP contribution in [0.2, 0.25) is 0 Å². The number of aliphatic hydroxyl groups is 1. The van der Waals surface area contributed by atoms with Crippen LogP contribution in [0.5, 0.6) is 0 Å². The summed E-state index contributed by atoms with van der Waals surface area (Å²) in [7, 11) is 0. The van der Waals surface area contributed by atoms with Gasteiger partial charge in [-0.1, -0.05) is 35.5 Å². The number of aromatic nitrogens is 2. The zero-order valence-corrected chi connectivity index (χ0v) is 11.6. The van der Waals surface area contributed by atoms with Crippen LogP contribution in [-0.4, -0.2) is 26.9 Å². The molecule has 0 aliphatic heterocycles. The fraction of sp³-hybridized carbons (Fsp3) is 0.286. The lowest BCUT2D eigenvalue weighted by molar-refractivity contribution is -0.808. The molecule has 0 saturated heterocycles. The van der Waals surface area contributed by atoms with Crippen LogP contribution >= 0.6 is 0 Å². The Bertz CT molecular complexity index is 741. The normalized spacial score (nSPS) is 22.5. The summed E-state index contributed by atoms with van der Waals surface area (Å²) in [5.41, 5.74) is -0.807. The second-order valence-electron chi connectivity index (χ2n) is 5.15. The van der Waals surface area contributed by atoms with Crippen LogP contribution in [0, 0.1) is 10.6 Å². The summed E-state index contributed by atoms with van der Waals surface area (Å²) < 4.78 is 4.54. The van der Waals surface area contributed by atoms with Crippen molar-refractivity contribution in [1.82, 2.24) is 5.16 Å². The number of nitrogens with one attached hydrogen (secondary N) is 1. The minimum absolute atomic E-state index is 0.00207. The highest BCUT2D eigenvalue weighted by molar-refractivity contribution is 6.04. The van der Waals surface area contributed by atoms with Crippen molar-refractivity contribution in [3.05, 3.63) is 52.5 Å². The van der Waals surface area contributed by atoms with E-state index in [9.17, 15) is 10.3 Å². The first-order valence-corrected chi connectivity index (χ1v) is 6.72. The third-order valence-electron chi connectivity index (χ3n) is 3.84. The van der Waals surface area contributed by atoms with Crippen LogP contribution < -0.4 is 4.90 Å². The number of fused-ring (bicyclic) bond motifs is 1. The average Bonchev–Trinajstić information content (AvgIpc) is 2.91. The molecular formula is C14H14N4O4. The van der Waals surface area contributed by atoms with E-state index in [-0.39, 0.29) is 47.0 Å². The fourth-order valence-electron chi connectivity index (χ4n) is 2.69. The van der Waals surface area contributed by atoms with E-state index in [0.717, 1.165) is 0 Å². The highest BCUT2D eigenvalue weighted by Gasteiger charge is 2.49. The van der Waals surface area contributed by atoms with Crippen molar-refractivity contribution in [3.63, 3.8) is 0 Å². The number of benzene rings is 1. The lowest BCUT2D eigenvalue weighted by atomic mass is 9.79. The number of nitrogens with zero attached hydrogens (tertiary/aromatic N) is 3. The Morgan fingerprint density at radius 1 is 1.41 bits per heavy atom. The zero-order valence-electron chi connectivity index (χ0n) is 11.6. The molecule has 0 fully saturated rings. The molecule has 1 aliphatic carbocycles. The molecular weight excluding hydrogens is 288 g/mol. The van der Waals surface area contributed by atoms with E-state index in [1.54, 1.807) is 24.3 Å². The van der Waals surface area contributed by atoms with Crippen LogP contribution in [0.3, 0.4) is 0 Å². The predicted molar refractivity (Wildman–Crippen MR) is 74.8 cm³/mol. The largest absolute Gasteiger partial charge is 0.411 e. The number of oxime groups is 1. The number of hydrogen-bond donors (Lipinski definition) is 3. The predicted octanol–water partition coefficient (Wildman–Crippen LogP) is 0.730. The molecule has 1 heterocycles. The van der Waals surface area contributed by atoms with Crippen molar-refractivity contribution in [2.45, 2.75) is 24.9 Å². The molecule has 8 nitrogen and oxygen atoms in total. The molecule has 1 aromatic heterocycles. The topological polar surface area (TPSA) is 130 Å². The molecule has 0 saturated carbocycles. The first kappa shape index (κ1) is 14.2. The van der Waals surface area contributed by atoms with Crippen LogP contribution in [-0.2, 0) is 12.0 Å². The Balaban J connectivity index is 2.00. The zero-order chi connectivity index (χ0) is 15.7. The minimum Gasteiger partial charge on any atom is -0.411 e. The fourth-order valence-corrected chi connectivity index (χ4v) is 2.69. The van der Waals surface area contributed by atoms with E-state index >= 15 is 0 Å². The van der Waals surface area contributed by atoms with Gasteiger partial charge in [-0.3, -0.25) is 4.63 Å². The standard InChI is InChI=1S/C14H14N4O4/c15-10(9-4-2-1-3-5-9)8-14(19)12(16-20)7-6-11-13(14)17-22-18(11)21/h1-5,15,19-20H,6-8H2/b15-10?,16-12+. The van der Waals surface area contributed by atoms with E-state index in [4.69, 9.17) is 10.6 Å². The van der Waals surface area contributed by atoms with Gasteiger partial charge in [0.05, 0.1) is 5.71 Å². The smallest absolute Gasteiger partial charge is 0.258 e. The van der Waals surface area contributed by atoms with Crippen LogP contribution in [0.1, 0.15) is 29.8 Å². The maximum Gasteiger partial charge on any atom is 0.258 e. The molecule has 1 aliphatic rings. The monoisotopic (exact) mass is 302 g/mol. The van der Waals surface area contributed by atoms with E-state index in [1.165, 1.54) is 0 Å². The van der Waals surface area contributed by atoms with Crippen molar-refractivity contribution in [3.8, 4) is 0 Å². The van der Waals surface area contributed by atoms with Gasteiger partial charge in [0.1, 0.15) is 0 Å².